The first-order valence-electron chi connectivity index (χ1n) is 9.56. The standard InChI is InChI=1S/C19H22F2N4O2S/c20-13-9-14(21)17-15(10-13)28-19(22-17)23-18(27)12-3-1-5-24(11-12)7-8-25-6-2-4-16(25)26/h9-10,12H,1-8,11H2,(H,22,23,27). The summed E-state index contributed by atoms with van der Waals surface area (Å²) < 4.78 is 27.5. The van der Waals surface area contributed by atoms with Gasteiger partial charge in [0.1, 0.15) is 11.3 Å². The number of aromatic nitrogens is 1. The number of nitrogens with zero attached hydrogens (tertiary/aromatic N) is 3. The molecular formula is C19H22F2N4O2S. The quantitative estimate of drug-likeness (QED) is 0.826. The highest BCUT2D eigenvalue weighted by atomic mass is 32.1. The number of thiazole rings is 1. The van der Waals surface area contributed by atoms with Crippen molar-refractivity contribution >= 4 is 38.5 Å². The molecule has 2 aromatic rings. The first kappa shape index (κ1) is 19.2. The number of benzene rings is 1. The summed E-state index contributed by atoms with van der Waals surface area (Å²) in [7, 11) is 0. The van der Waals surface area contributed by atoms with Gasteiger partial charge in [0.05, 0.1) is 10.6 Å². The van der Waals surface area contributed by atoms with Crippen molar-refractivity contribution in [3.8, 4) is 0 Å². The Kier molecular flexibility index (Phi) is 5.54. The van der Waals surface area contributed by atoms with Crippen molar-refractivity contribution in [1.29, 1.82) is 0 Å². The molecule has 2 saturated heterocycles. The molecule has 0 saturated carbocycles. The lowest BCUT2D eigenvalue weighted by Gasteiger charge is -2.32. The Bertz CT molecular complexity index is 903. The average Bonchev–Trinajstić information content (AvgIpc) is 3.26. The number of halogens is 2. The minimum Gasteiger partial charge on any atom is -0.341 e. The van der Waals surface area contributed by atoms with Crippen LogP contribution in [0.1, 0.15) is 25.7 Å². The fourth-order valence-electron chi connectivity index (χ4n) is 3.89. The molecule has 1 unspecified atom stereocenters. The lowest BCUT2D eigenvalue weighted by molar-refractivity contribution is -0.128. The second-order valence-electron chi connectivity index (χ2n) is 7.37. The molecule has 0 aliphatic carbocycles. The number of amides is 2. The van der Waals surface area contributed by atoms with Gasteiger partial charge >= 0.3 is 0 Å². The van der Waals surface area contributed by atoms with Crippen LogP contribution < -0.4 is 5.32 Å². The Hall–Kier alpha value is -2.13. The van der Waals surface area contributed by atoms with Crippen molar-refractivity contribution in [3.63, 3.8) is 0 Å². The van der Waals surface area contributed by atoms with E-state index < -0.39 is 11.6 Å². The normalized spacial score (nSPS) is 20.9. The largest absolute Gasteiger partial charge is 0.341 e. The number of likely N-dealkylation sites (tertiary alicyclic amines) is 2. The molecule has 2 fully saturated rings. The van der Waals surface area contributed by atoms with Crippen LogP contribution in [0.5, 0.6) is 0 Å². The van der Waals surface area contributed by atoms with E-state index in [1.54, 1.807) is 0 Å². The van der Waals surface area contributed by atoms with Crippen molar-refractivity contribution in [1.82, 2.24) is 14.8 Å². The van der Waals surface area contributed by atoms with Gasteiger partial charge in [0.25, 0.3) is 0 Å². The third-order valence-electron chi connectivity index (χ3n) is 5.38. The second-order valence-corrected chi connectivity index (χ2v) is 8.40. The fraction of sp³-hybridized carbons (Fsp3) is 0.526. The molecule has 1 N–H and O–H groups in total. The van der Waals surface area contributed by atoms with Gasteiger partial charge in [0, 0.05) is 38.7 Å². The van der Waals surface area contributed by atoms with Crippen LogP contribution >= 0.6 is 11.3 Å². The highest BCUT2D eigenvalue weighted by molar-refractivity contribution is 7.22. The topological polar surface area (TPSA) is 65.5 Å². The first-order chi connectivity index (χ1) is 13.5. The van der Waals surface area contributed by atoms with E-state index >= 15 is 0 Å². The molecule has 28 heavy (non-hydrogen) atoms. The SMILES string of the molecule is O=C(Nc1nc2c(F)cc(F)cc2s1)C1CCCN(CCN2CCCC2=O)C1. The van der Waals surface area contributed by atoms with Crippen molar-refractivity contribution in [3.05, 3.63) is 23.8 Å². The summed E-state index contributed by atoms with van der Waals surface area (Å²) in [6.45, 7) is 3.83. The summed E-state index contributed by atoms with van der Waals surface area (Å²) in [4.78, 5) is 32.6. The minimum atomic E-state index is -0.730. The average molecular weight is 408 g/mol. The van der Waals surface area contributed by atoms with Gasteiger partial charge in [-0.2, -0.15) is 0 Å². The van der Waals surface area contributed by atoms with Gasteiger partial charge in [0.2, 0.25) is 11.8 Å². The predicted molar refractivity (Wildman–Crippen MR) is 103 cm³/mol. The van der Waals surface area contributed by atoms with Crippen LogP contribution in [0.25, 0.3) is 10.2 Å². The molecule has 0 radical (unpaired) electrons. The summed E-state index contributed by atoms with van der Waals surface area (Å²) in [5.74, 6) is -1.51. The van der Waals surface area contributed by atoms with Crippen LogP contribution in [0.4, 0.5) is 13.9 Å². The highest BCUT2D eigenvalue weighted by Gasteiger charge is 2.28. The molecule has 6 nitrogen and oxygen atoms in total. The number of hydrogen-bond acceptors (Lipinski definition) is 5. The third-order valence-corrected chi connectivity index (χ3v) is 6.29. The van der Waals surface area contributed by atoms with Gasteiger partial charge < -0.3 is 15.1 Å². The lowest BCUT2D eigenvalue weighted by Crippen LogP contribution is -2.44. The van der Waals surface area contributed by atoms with Gasteiger partial charge in [-0.05, 0) is 31.9 Å². The van der Waals surface area contributed by atoms with Crippen LogP contribution in [0.2, 0.25) is 0 Å². The van der Waals surface area contributed by atoms with Gasteiger partial charge in [-0.15, -0.1) is 0 Å². The zero-order valence-electron chi connectivity index (χ0n) is 15.4. The first-order valence-corrected chi connectivity index (χ1v) is 10.4. The maximum Gasteiger partial charge on any atom is 0.230 e. The summed E-state index contributed by atoms with van der Waals surface area (Å²) in [5.41, 5.74) is 0.0715. The summed E-state index contributed by atoms with van der Waals surface area (Å²) >= 11 is 1.07. The molecule has 0 bridgehead atoms. The Morgan fingerprint density at radius 3 is 2.89 bits per heavy atom. The maximum atomic E-state index is 13.8. The van der Waals surface area contributed by atoms with E-state index in [1.165, 1.54) is 6.07 Å². The Morgan fingerprint density at radius 1 is 1.25 bits per heavy atom. The predicted octanol–water partition coefficient (Wildman–Crippen LogP) is 2.85. The lowest BCUT2D eigenvalue weighted by atomic mass is 9.97. The number of anilines is 1. The zero-order chi connectivity index (χ0) is 19.7. The van der Waals surface area contributed by atoms with Crippen LogP contribution in [-0.2, 0) is 9.59 Å². The molecule has 4 rings (SSSR count). The van der Waals surface area contributed by atoms with Crippen LogP contribution in [0.15, 0.2) is 12.1 Å². The highest BCUT2D eigenvalue weighted by Crippen LogP contribution is 2.29. The van der Waals surface area contributed by atoms with Gasteiger partial charge in [-0.3, -0.25) is 9.59 Å². The smallest absolute Gasteiger partial charge is 0.230 e. The molecule has 2 amide bonds. The van der Waals surface area contributed by atoms with E-state index in [9.17, 15) is 18.4 Å². The second kappa shape index (κ2) is 8.08. The van der Waals surface area contributed by atoms with Crippen molar-refractivity contribution < 1.29 is 18.4 Å². The number of carbonyl (C=O) groups excluding carboxylic acids is 2. The summed E-state index contributed by atoms with van der Waals surface area (Å²) in [6.07, 6.45) is 3.25. The Labute approximate surface area is 165 Å². The summed E-state index contributed by atoms with van der Waals surface area (Å²) in [6, 6.07) is 2.01. The van der Waals surface area contributed by atoms with E-state index in [2.05, 4.69) is 15.2 Å². The maximum absolute atomic E-state index is 13.8. The molecule has 2 aliphatic rings. The number of piperidine rings is 1. The van der Waals surface area contributed by atoms with Crippen molar-refractivity contribution in [2.45, 2.75) is 25.7 Å². The molecule has 2 aliphatic heterocycles. The number of rotatable bonds is 5. The monoisotopic (exact) mass is 408 g/mol. The van der Waals surface area contributed by atoms with Gasteiger partial charge in [-0.1, -0.05) is 11.3 Å². The summed E-state index contributed by atoms with van der Waals surface area (Å²) in [5, 5.41) is 3.04. The molecule has 0 spiro atoms. The molecule has 1 atom stereocenters. The van der Waals surface area contributed by atoms with E-state index in [1.807, 2.05) is 4.90 Å². The Balaban J connectivity index is 1.35. The fourth-order valence-corrected chi connectivity index (χ4v) is 4.80. The number of carbonyl (C=O) groups is 2. The number of fused-ring (bicyclic) bond motifs is 1. The molecule has 9 heteroatoms. The Morgan fingerprint density at radius 2 is 2.11 bits per heavy atom. The van der Waals surface area contributed by atoms with Crippen LogP contribution in [-0.4, -0.2) is 59.3 Å². The third kappa shape index (κ3) is 4.15. The van der Waals surface area contributed by atoms with Crippen molar-refractivity contribution in [2.75, 3.05) is 38.0 Å². The molecule has 1 aromatic heterocycles. The molecule has 1 aromatic carbocycles. The van der Waals surface area contributed by atoms with E-state index in [0.717, 1.165) is 56.3 Å². The van der Waals surface area contributed by atoms with E-state index in [4.69, 9.17) is 0 Å². The van der Waals surface area contributed by atoms with E-state index in [-0.39, 0.29) is 28.4 Å². The number of hydrogen-bond donors (Lipinski definition) is 1. The van der Waals surface area contributed by atoms with Gasteiger partial charge in [0.15, 0.2) is 10.9 Å². The van der Waals surface area contributed by atoms with E-state index in [0.29, 0.717) is 24.2 Å². The molecular weight excluding hydrogens is 386 g/mol. The van der Waals surface area contributed by atoms with Crippen molar-refractivity contribution in [2.24, 2.45) is 5.92 Å². The van der Waals surface area contributed by atoms with Crippen LogP contribution in [0, 0.1) is 17.6 Å². The molecule has 150 valence electrons. The number of nitrogens with one attached hydrogen (secondary N) is 1. The minimum absolute atomic E-state index is 0.0715. The zero-order valence-corrected chi connectivity index (χ0v) is 16.2. The van der Waals surface area contributed by atoms with Gasteiger partial charge in [-0.25, -0.2) is 13.8 Å². The molecule has 3 heterocycles. The van der Waals surface area contributed by atoms with Crippen LogP contribution in [0.3, 0.4) is 0 Å².